The number of benzene rings is 1. The predicted molar refractivity (Wildman–Crippen MR) is 119 cm³/mol. The van der Waals surface area contributed by atoms with Gasteiger partial charge in [0.05, 0.1) is 17.1 Å². The Morgan fingerprint density at radius 1 is 1.20 bits per heavy atom. The molecular formula is C22H28N6OS. The Hall–Kier alpha value is -2.61. The van der Waals surface area contributed by atoms with Crippen LogP contribution in [0.1, 0.15) is 62.9 Å². The highest BCUT2D eigenvalue weighted by atomic mass is 32.2. The number of aromatic nitrogens is 5. The minimum absolute atomic E-state index is 0.0795. The smallest absolute Gasteiger partial charge is 0.236 e. The summed E-state index contributed by atoms with van der Waals surface area (Å²) in [4.78, 5) is 12.7. The Balaban J connectivity index is 1.49. The van der Waals surface area contributed by atoms with Gasteiger partial charge in [-0.1, -0.05) is 56.7 Å². The first-order valence-electron chi connectivity index (χ1n) is 10.5. The SMILES string of the molecule is CC(C)c1nnc(SCC(=O)Nc2cc(C3CCCC3)nn2-c2ccccc2)n1C. The van der Waals surface area contributed by atoms with Gasteiger partial charge in [0, 0.05) is 24.9 Å². The molecule has 8 heteroatoms. The molecule has 0 atom stereocenters. The first-order chi connectivity index (χ1) is 14.5. The molecule has 2 heterocycles. The van der Waals surface area contributed by atoms with E-state index in [4.69, 9.17) is 5.10 Å². The van der Waals surface area contributed by atoms with E-state index in [1.54, 1.807) is 0 Å². The van der Waals surface area contributed by atoms with Gasteiger partial charge >= 0.3 is 0 Å². The fourth-order valence-corrected chi connectivity index (χ4v) is 4.66. The van der Waals surface area contributed by atoms with Crippen molar-refractivity contribution in [3.05, 3.63) is 47.9 Å². The van der Waals surface area contributed by atoms with Crippen LogP contribution in [0.4, 0.5) is 5.82 Å². The van der Waals surface area contributed by atoms with Crippen molar-refractivity contribution in [1.29, 1.82) is 0 Å². The average molecular weight is 425 g/mol. The summed E-state index contributed by atoms with van der Waals surface area (Å²) in [6, 6.07) is 12.0. The second kappa shape index (κ2) is 9.04. The second-order valence-corrected chi connectivity index (χ2v) is 9.02. The number of hydrogen-bond acceptors (Lipinski definition) is 5. The van der Waals surface area contributed by atoms with Crippen molar-refractivity contribution in [3.8, 4) is 5.69 Å². The molecular weight excluding hydrogens is 396 g/mol. The number of nitrogens with one attached hydrogen (secondary N) is 1. The quantitative estimate of drug-likeness (QED) is 0.565. The van der Waals surface area contributed by atoms with Crippen molar-refractivity contribution >= 4 is 23.5 Å². The summed E-state index contributed by atoms with van der Waals surface area (Å²) in [7, 11) is 1.94. The summed E-state index contributed by atoms with van der Waals surface area (Å²) in [6.07, 6.45) is 4.83. The van der Waals surface area contributed by atoms with Gasteiger partial charge < -0.3 is 9.88 Å². The topological polar surface area (TPSA) is 77.6 Å². The molecule has 1 aliphatic rings. The molecule has 1 N–H and O–H groups in total. The van der Waals surface area contributed by atoms with Crippen molar-refractivity contribution in [1.82, 2.24) is 24.5 Å². The molecule has 1 aromatic carbocycles. The van der Waals surface area contributed by atoms with E-state index in [1.165, 1.54) is 37.4 Å². The predicted octanol–water partition coefficient (Wildman–Crippen LogP) is 4.51. The lowest BCUT2D eigenvalue weighted by atomic mass is 10.0. The number of nitrogens with zero attached hydrogens (tertiary/aromatic N) is 5. The van der Waals surface area contributed by atoms with Crippen LogP contribution >= 0.6 is 11.8 Å². The molecule has 1 fully saturated rings. The summed E-state index contributed by atoms with van der Waals surface area (Å²) in [5, 5.41) is 17.1. The van der Waals surface area contributed by atoms with Gasteiger partial charge in [0.25, 0.3) is 0 Å². The highest BCUT2D eigenvalue weighted by molar-refractivity contribution is 7.99. The van der Waals surface area contributed by atoms with Crippen molar-refractivity contribution in [2.45, 2.75) is 56.5 Å². The van der Waals surface area contributed by atoms with E-state index in [2.05, 4.69) is 29.4 Å². The summed E-state index contributed by atoms with van der Waals surface area (Å²) >= 11 is 1.39. The standard InChI is InChI=1S/C22H28N6OS/c1-15(2)21-24-25-22(27(21)3)30-14-20(29)23-19-13-18(16-9-7-8-10-16)26-28(19)17-11-5-4-6-12-17/h4-6,11-13,15-16H,7-10,14H2,1-3H3,(H,23,29). The maximum absolute atomic E-state index is 12.7. The van der Waals surface area contributed by atoms with Crippen LogP contribution < -0.4 is 5.32 Å². The Kier molecular flexibility index (Phi) is 6.22. The van der Waals surface area contributed by atoms with Gasteiger partial charge in [0.15, 0.2) is 5.16 Å². The molecule has 3 aromatic rings. The molecule has 0 radical (unpaired) electrons. The van der Waals surface area contributed by atoms with Gasteiger partial charge in [-0.3, -0.25) is 4.79 Å². The molecule has 1 amide bonds. The van der Waals surface area contributed by atoms with Crippen LogP contribution in [0.5, 0.6) is 0 Å². The van der Waals surface area contributed by atoms with E-state index >= 15 is 0 Å². The molecule has 0 saturated heterocycles. The van der Waals surface area contributed by atoms with Crippen molar-refractivity contribution in [2.24, 2.45) is 7.05 Å². The number of amides is 1. The molecule has 1 aliphatic carbocycles. The molecule has 0 bridgehead atoms. The molecule has 30 heavy (non-hydrogen) atoms. The average Bonchev–Trinajstić information content (AvgIpc) is 3.47. The van der Waals surface area contributed by atoms with Gasteiger partial charge in [-0.25, -0.2) is 4.68 Å². The fourth-order valence-electron chi connectivity index (χ4n) is 3.94. The number of carbonyl (C=O) groups excluding carboxylic acids is 1. The molecule has 2 aromatic heterocycles. The molecule has 4 rings (SSSR count). The third-order valence-corrected chi connectivity index (χ3v) is 6.51. The van der Waals surface area contributed by atoms with Crippen LogP contribution in [0.15, 0.2) is 41.6 Å². The number of carbonyl (C=O) groups is 1. The molecule has 7 nitrogen and oxygen atoms in total. The first-order valence-corrected chi connectivity index (χ1v) is 11.5. The summed E-state index contributed by atoms with van der Waals surface area (Å²) in [5.74, 6) is 2.59. The minimum Gasteiger partial charge on any atom is -0.310 e. The van der Waals surface area contributed by atoms with Gasteiger partial charge in [-0.2, -0.15) is 5.10 Å². The third-order valence-electron chi connectivity index (χ3n) is 5.49. The first kappa shape index (κ1) is 20.7. The zero-order chi connectivity index (χ0) is 21.1. The van der Waals surface area contributed by atoms with Gasteiger partial charge in [-0.05, 0) is 25.0 Å². The normalized spacial score (nSPS) is 14.5. The Labute approximate surface area is 181 Å². The van der Waals surface area contributed by atoms with Crippen LogP contribution in [-0.4, -0.2) is 36.2 Å². The number of anilines is 1. The highest BCUT2D eigenvalue weighted by Gasteiger charge is 2.23. The van der Waals surface area contributed by atoms with E-state index in [0.717, 1.165) is 28.2 Å². The maximum Gasteiger partial charge on any atom is 0.236 e. The number of rotatable bonds is 7. The second-order valence-electron chi connectivity index (χ2n) is 8.07. The van der Waals surface area contributed by atoms with E-state index in [-0.39, 0.29) is 11.7 Å². The Bertz CT molecular complexity index is 1000. The summed E-state index contributed by atoms with van der Waals surface area (Å²) in [5.41, 5.74) is 2.01. The van der Waals surface area contributed by atoms with Crippen LogP contribution in [-0.2, 0) is 11.8 Å². The number of hydrogen-bond donors (Lipinski definition) is 1. The van der Waals surface area contributed by atoms with E-state index < -0.39 is 0 Å². The molecule has 0 aliphatic heterocycles. The van der Waals surface area contributed by atoms with Crippen molar-refractivity contribution in [3.63, 3.8) is 0 Å². The Morgan fingerprint density at radius 3 is 2.60 bits per heavy atom. The summed E-state index contributed by atoms with van der Waals surface area (Å²) in [6.45, 7) is 4.16. The fraction of sp³-hybridized carbons (Fsp3) is 0.455. The maximum atomic E-state index is 12.7. The van der Waals surface area contributed by atoms with Crippen LogP contribution in [0.25, 0.3) is 5.69 Å². The van der Waals surface area contributed by atoms with Gasteiger partial charge in [-0.15, -0.1) is 10.2 Å². The van der Waals surface area contributed by atoms with Crippen molar-refractivity contribution < 1.29 is 4.79 Å². The lowest BCUT2D eigenvalue weighted by Crippen LogP contribution is -2.17. The largest absolute Gasteiger partial charge is 0.310 e. The molecule has 1 saturated carbocycles. The van der Waals surface area contributed by atoms with E-state index in [9.17, 15) is 4.79 Å². The molecule has 0 spiro atoms. The van der Waals surface area contributed by atoms with E-state index in [0.29, 0.717) is 11.8 Å². The van der Waals surface area contributed by atoms with Crippen LogP contribution in [0.3, 0.4) is 0 Å². The van der Waals surface area contributed by atoms with Gasteiger partial charge in [0.2, 0.25) is 5.91 Å². The Morgan fingerprint density at radius 2 is 1.93 bits per heavy atom. The number of thioether (sulfide) groups is 1. The van der Waals surface area contributed by atoms with Gasteiger partial charge in [0.1, 0.15) is 11.6 Å². The highest BCUT2D eigenvalue weighted by Crippen LogP contribution is 2.35. The zero-order valence-electron chi connectivity index (χ0n) is 17.7. The summed E-state index contributed by atoms with van der Waals surface area (Å²) < 4.78 is 3.80. The monoisotopic (exact) mass is 424 g/mol. The molecule has 0 unspecified atom stereocenters. The molecule has 158 valence electrons. The lowest BCUT2D eigenvalue weighted by Gasteiger charge is -2.09. The van der Waals surface area contributed by atoms with Crippen LogP contribution in [0.2, 0.25) is 0 Å². The van der Waals surface area contributed by atoms with Crippen molar-refractivity contribution in [2.75, 3.05) is 11.1 Å². The lowest BCUT2D eigenvalue weighted by molar-refractivity contribution is -0.113. The third kappa shape index (κ3) is 4.43. The van der Waals surface area contributed by atoms with Crippen LogP contribution in [0, 0.1) is 0 Å². The zero-order valence-corrected chi connectivity index (χ0v) is 18.5. The van der Waals surface area contributed by atoms with E-state index in [1.807, 2.05) is 52.7 Å². The minimum atomic E-state index is -0.0795. The number of para-hydroxylation sites is 1.